The van der Waals surface area contributed by atoms with Gasteiger partial charge < -0.3 is 0 Å². The van der Waals surface area contributed by atoms with Crippen molar-refractivity contribution in [1.29, 1.82) is 0 Å². The lowest BCUT2D eigenvalue weighted by molar-refractivity contribution is 0.585. The molecule has 0 fully saturated rings. The van der Waals surface area contributed by atoms with Gasteiger partial charge in [-0.2, -0.15) is 0 Å². The monoisotopic (exact) mass is 111 g/mol. The van der Waals surface area contributed by atoms with Crippen molar-refractivity contribution in [3.63, 3.8) is 0 Å². The molecule has 8 heavy (non-hydrogen) atoms. The molecule has 0 aromatic carbocycles. The Morgan fingerprint density at radius 3 is 2.62 bits per heavy atom. The lowest BCUT2D eigenvalue weighted by Gasteiger charge is -2.03. The van der Waals surface area contributed by atoms with Crippen LogP contribution in [0.3, 0.4) is 0 Å². The van der Waals surface area contributed by atoms with Crippen LogP contribution in [0.2, 0.25) is 0 Å². The van der Waals surface area contributed by atoms with E-state index in [1.54, 1.807) is 0 Å². The maximum absolute atomic E-state index is 3.95. The number of hydrogen-bond acceptors (Lipinski definition) is 0. The highest BCUT2D eigenvalue weighted by Crippen LogP contribution is 2.08. The van der Waals surface area contributed by atoms with Crippen molar-refractivity contribution >= 4 is 0 Å². The van der Waals surface area contributed by atoms with Gasteiger partial charge in [0, 0.05) is 0 Å². The zero-order valence-corrected chi connectivity index (χ0v) is 5.69. The molecule has 0 aromatic heterocycles. The summed E-state index contributed by atoms with van der Waals surface area (Å²) in [6.45, 7) is 9.77. The highest BCUT2D eigenvalue weighted by atomic mass is 14.0. The summed E-state index contributed by atoms with van der Waals surface area (Å²) in [5.74, 6) is 0.595. The van der Waals surface area contributed by atoms with Gasteiger partial charge in [-0.3, -0.25) is 0 Å². The van der Waals surface area contributed by atoms with Crippen LogP contribution in [-0.2, 0) is 0 Å². The van der Waals surface area contributed by atoms with E-state index in [2.05, 4.69) is 20.4 Å². The van der Waals surface area contributed by atoms with Gasteiger partial charge in [0.2, 0.25) is 0 Å². The molecule has 0 aliphatic rings. The van der Waals surface area contributed by atoms with E-state index in [1.807, 2.05) is 6.08 Å². The minimum atomic E-state index is 0.595. The Kier molecular flexibility index (Phi) is 4.73. The van der Waals surface area contributed by atoms with Gasteiger partial charge in [-0.05, 0) is 19.3 Å². The van der Waals surface area contributed by atoms with Crippen LogP contribution in [-0.4, -0.2) is 0 Å². The van der Waals surface area contributed by atoms with Gasteiger partial charge in [-0.1, -0.05) is 25.8 Å². The summed E-state index contributed by atoms with van der Waals surface area (Å²) < 4.78 is 0. The Morgan fingerprint density at radius 1 is 1.62 bits per heavy atom. The third-order valence-corrected chi connectivity index (χ3v) is 1.20. The van der Waals surface area contributed by atoms with Crippen molar-refractivity contribution in [3.05, 3.63) is 19.6 Å². The fourth-order valence-electron chi connectivity index (χ4n) is 0.762. The first-order valence-corrected chi connectivity index (χ1v) is 3.25. The SMILES string of the molecule is [CH2]C(CC=C)CCC. The molecular weight excluding hydrogens is 96.1 g/mol. The quantitative estimate of drug-likeness (QED) is 0.489. The van der Waals surface area contributed by atoms with Gasteiger partial charge in [-0.15, -0.1) is 6.58 Å². The molecule has 0 bridgehead atoms. The van der Waals surface area contributed by atoms with E-state index in [-0.39, 0.29) is 0 Å². The van der Waals surface area contributed by atoms with Crippen LogP contribution >= 0.6 is 0 Å². The van der Waals surface area contributed by atoms with E-state index in [0.717, 1.165) is 6.42 Å². The van der Waals surface area contributed by atoms with Crippen LogP contribution in [0.4, 0.5) is 0 Å². The molecule has 0 amide bonds. The van der Waals surface area contributed by atoms with Crippen molar-refractivity contribution in [1.82, 2.24) is 0 Å². The van der Waals surface area contributed by atoms with Crippen molar-refractivity contribution in [2.24, 2.45) is 5.92 Å². The number of allylic oxidation sites excluding steroid dienone is 1. The summed E-state index contributed by atoms with van der Waals surface area (Å²) >= 11 is 0. The van der Waals surface area contributed by atoms with Gasteiger partial charge in [0.25, 0.3) is 0 Å². The Morgan fingerprint density at radius 2 is 2.25 bits per heavy atom. The first-order chi connectivity index (χ1) is 3.81. The van der Waals surface area contributed by atoms with Gasteiger partial charge in [-0.25, -0.2) is 0 Å². The second kappa shape index (κ2) is 4.89. The molecule has 47 valence electrons. The second-order valence-corrected chi connectivity index (χ2v) is 2.18. The van der Waals surface area contributed by atoms with E-state index in [0.29, 0.717) is 5.92 Å². The van der Waals surface area contributed by atoms with Gasteiger partial charge in [0.05, 0.1) is 0 Å². The summed E-state index contributed by atoms with van der Waals surface area (Å²) in [5, 5.41) is 0. The minimum Gasteiger partial charge on any atom is -0.103 e. The zero-order chi connectivity index (χ0) is 6.41. The Hall–Kier alpha value is -0.260. The lowest BCUT2D eigenvalue weighted by atomic mass is 10.0. The van der Waals surface area contributed by atoms with Crippen LogP contribution < -0.4 is 0 Å². The molecule has 0 heterocycles. The van der Waals surface area contributed by atoms with Gasteiger partial charge in [0.15, 0.2) is 0 Å². The Labute approximate surface area is 52.6 Å². The van der Waals surface area contributed by atoms with Crippen molar-refractivity contribution in [2.75, 3.05) is 0 Å². The maximum atomic E-state index is 3.95. The predicted molar refractivity (Wildman–Crippen MR) is 38.6 cm³/mol. The standard InChI is InChI=1S/C8H15/c1-4-6-8(3)7-5-2/h4,8H,1,3,5-7H2,2H3. The summed E-state index contributed by atoms with van der Waals surface area (Å²) in [6, 6.07) is 0. The molecule has 0 spiro atoms. The molecule has 1 radical (unpaired) electrons. The first kappa shape index (κ1) is 7.74. The Balaban J connectivity index is 3.03. The van der Waals surface area contributed by atoms with Crippen molar-refractivity contribution in [3.8, 4) is 0 Å². The van der Waals surface area contributed by atoms with E-state index in [1.165, 1.54) is 12.8 Å². The fraction of sp³-hybridized carbons (Fsp3) is 0.625. The normalized spacial score (nSPS) is 13.2. The summed E-state index contributed by atoms with van der Waals surface area (Å²) in [5.41, 5.74) is 0. The summed E-state index contributed by atoms with van der Waals surface area (Å²) in [6.07, 6.45) is 5.47. The predicted octanol–water partition coefficient (Wildman–Crippen LogP) is 2.81. The highest BCUT2D eigenvalue weighted by molar-refractivity contribution is 4.73. The fourth-order valence-corrected chi connectivity index (χ4v) is 0.762. The second-order valence-electron chi connectivity index (χ2n) is 2.18. The van der Waals surface area contributed by atoms with Gasteiger partial charge >= 0.3 is 0 Å². The van der Waals surface area contributed by atoms with Crippen molar-refractivity contribution in [2.45, 2.75) is 26.2 Å². The average molecular weight is 111 g/mol. The molecule has 0 saturated carbocycles. The maximum Gasteiger partial charge on any atom is -0.0325 e. The lowest BCUT2D eigenvalue weighted by Crippen LogP contribution is -1.89. The number of rotatable bonds is 4. The van der Waals surface area contributed by atoms with Crippen LogP contribution in [0.5, 0.6) is 0 Å². The van der Waals surface area contributed by atoms with E-state index in [9.17, 15) is 0 Å². The molecular formula is C8H15. The minimum absolute atomic E-state index is 0.595. The molecule has 0 N–H and O–H groups in total. The van der Waals surface area contributed by atoms with Crippen molar-refractivity contribution < 1.29 is 0 Å². The van der Waals surface area contributed by atoms with E-state index < -0.39 is 0 Å². The number of hydrogen-bond donors (Lipinski definition) is 0. The molecule has 0 aliphatic heterocycles. The van der Waals surface area contributed by atoms with Crippen LogP contribution in [0.15, 0.2) is 12.7 Å². The molecule has 0 heteroatoms. The largest absolute Gasteiger partial charge is 0.103 e. The Bertz CT molecular complexity index is 55.1. The molecule has 0 aromatic rings. The molecule has 1 atom stereocenters. The zero-order valence-electron chi connectivity index (χ0n) is 5.69. The van der Waals surface area contributed by atoms with Gasteiger partial charge in [0.1, 0.15) is 0 Å². The first-order valence-electron chi connectivity index (χ1n) is 3.25. The van der Waals surface area contributed by atoms with Crippen LogP contribution in [0.1, 0.15) is 26.2 Å². The molecule has 0 rings (SSSR count). The third kappa shape index (κ3) is 3.91. The average Bonchev–Trinajstić information content (AvgIpc) is 1.68. The van der Waals surface area contributed by atoms with E-state index >= 15 is 0 Å². The highest BCUT2D eigenvalue weighted by Gasteiger charge is 1.94. The molecule has 0 aliphatic carbocycles. The van der Waals surface area contributed by atoms with Crippen LogP contribution in [0.25, 0.3) is 0 Å². The van der Waals surface area contributed by atoms with Crippen LogP contribution in [0, 0.1) is 12.8 Å². The van der Waals surface area contributed by atoms with E-state index in [4.69, 9.17) is 0 Å². The topological polar surface area (TPSA) is 0 Å². The summed E-state index contributed by atoms with van der Waals surface area (Å²) in [7, 11) is 0. The summed E-state index contributed by atoms with van der Waals surface area (Å²) in [4.78, 5) is 0. The molecule has 0 saturated heterocycles. The smallest absolute Gasteiger partial charge is 0.0325 e. The third-order valence-electron chi connectivity index (χ3n) is 1.20. The molecule has 0 nitrogen and oxygen atoms in total. The molecule has 1 unspecified atom stereocenters.